The molecule has 0 saturated carbocycles. The molecule has 0 bridgehead atoms. The minimum absolute atomic E-state index is 0.0205. The average Bonchev–Trinajstić information content (AvgIpc) is 2.93. The molecule has 5 rings (SSSR count). The number of anilines is 1. The quantitative estimate of drug-likeness (QED) is 0.547. The Balaban J connectivity index is 1.83. The maximum atomic E-state index is 12.3. The van der Waals surface area contributed by atoms with Crippen LogP contribution < -0.4 is 5.32 Å². The monoisotopic (exact) mass is 342 g/mol. The van der Waals surface area contributed by atoms with E-state index in [0.717, 1.165) is 21.7 Å². The highest BCUT2D eigenvalue weighted by Crippen LogP contribution is 2.38. The van der Waals surface area contributed by atoms with Crippen LogP contribution in [0.25, 0.3) is 21.7 Å². The lowest BCUT2D eigenvalue weighted by Gasteiger charge is -2.05. The van der Waals surface area contributed by atoms with E-state index in [1.807, 2.05) is 36.4 Å². The summed E-state index contributed by atoms with van der Waals surface area (Å²) < 4.78 is 6.12. The molecule has 5 heteroatoms. The molecular weight excluding hydrogens is 328 g/mol. The third kappa shape index (κ3) is 2.18. The zero-order valence-electron chi connectivity index (χ0n) is 13.7. The molecular formula is C21H14N2O3. The van der Waals surface area contributed by atoms with Gasteiger partial charge in [-0.05, 0) is 41.1 Å². The van der Waals surface area contributed by atoms with E-state index in [4.69, 9.17) is 4.42 Å². The van der Waals surface area contributed by atoms with Gasteiger partial charge in [-0.1, -0.05) is 30.3 Å². The highest BCUT2D eigenvalue weighted by molar-refractivity contribution is 6.25. The summed E-state index contributed by atoms with van der Waals surface area (Å²) in [6.45, 7) is 0.0205. The number of hydrogen-bond donors (Lipinski definition) is 2. The Morgan fingerprint density at radius 1 is 1.00 bits per heavy atom. The fraction of sp³-hybridized carbons (Fsp3) is 0.0476. The highest BCUT2D eigenvalue weighted by atomic mass is 16.3. The van der Waals surface area contributed by atoms with Gasteiger partial charge in [0.15, 0.2) is 5.76 Å². The molecule has 126 valence electrons. The predicted molar refractivity (Wildman–Crippen MR) is 101 cm³/mol. The summed E-state index contributed by atoms with van der Waals surface area (Å²) in [6.07, 6.45) is 0. The van der Waals surface area contributed by atoms with Gasteiger partial charge in [0.25, 0.3) is 0 Å². The number of carbonyl (C=O) groups is 1. The molecule has 0 radical (unpaired) electrons. The number of aliphatic imine (C=N–C) groups is 1. The smallest absolute Gasteiger partial charge is 0.246 e. The second-order valence-corrected chi connectivity index (χ2v) is 6.23. The summed E-state index contributed by atoms with van der Waals surface area (Å²) >= 11 is 0. The fourth-order valence-electron chi connectivity index (χ4n) is 3.40. The van der Waals surface area contributed by atoms with Crippen molar-refractivity contribution in [3.05, 3.63) is 72.0 Å². The van der Waals surface area contributed by atoms with E-state index < -0.39 is 0 Å². The Morgan fingerprint density at radius 2 is 1.81 bits per heavy atom. The van der Waals surface area contributed by atoms with Crippen LogP contribution in [-0.4, -0.2) is 23.3 Å². The van der Waals surface area contributed by atoms with Gasteiger partial charge < -0.3 is 14.8 Å². The molecule has 4 aromatic rings. The Hall–Kier alpha value is -3.60. The van der Waals surface area contributed by atoms with Gasteiger partial charge in [-0.3, -0.25) is 9.79 Å². The number of aromatic hydroxyl groups is 1. The van der Waals surface area contributed by atoms with Crippen LogP contribution in [0.15, 0.2) is 70.1 Å². The molecule has 0 fully saturated rings. The molecule has 1 aliphatic rings. The standard InChI is InChI=1S/C21H14N2O3/c24-14-8-5-13(6-9-14)19-21-20(23-17(25)11-22-19)18-15-4-2-1-3-12(15)7-10-16(18)26-21/h1-10,24H,11H2,(H,23,25). The second kappa shape index (κ2) is 5.46. The minimum atomic E-state index is -0.185. The Kier molecular flexibility index (Phi) is 3.09. The number of phenolic OH excluding ortho intramolecular Hbond substituents is 1. The van der Waals surface area contributed by atoms with Gasteiger partial charge in [0.2, 0.25) is 5.91 Å². The Morgan fingerprint density at radius 3 is 2.65 bits per heavy atom. The number of hydrogen-bond acceptors (Lipinski definition) is 4. The first-order valence-electron chi connectivity index (χ1n) is 8.29. The van der Waals surface area contributed by atoms with Gasteiger partial charge >= 0.3 is 0 Å². The molecule has 0 aliphatic carbocycles. The summed E-state index contributed by atoms with van der Waals surface area (Å²) in [6, 6.07) is 18.6. The number of nitrogens with one attached hydrogen (secondary N) is 1. The second-order valence-electron chi connectivity index (χ2n) is 6.23. The van der Waals surface area contributed by atoms with Crippen LogP contribution in [0.5, 0.6) is 5.75 Å². The molecule has 0 spiro atoms. The molecule has 2 N–H and O–H groups in total. The van der Waals surface area contributed by atoms with Gasteiger partial charge in [0, 0.05) is 5.56 Å². The lowest BCUT2D eigenvalue weighted by atomic mass is 10.0. The summed E-state index contributed by atoms with van der Waals surface area (Å²) in [5, 5.41) is 15.5. The lowest BCUT2D eigenvalue weighted by Crippen LogP contribution is -2.13. The summed E-state index contributed by atoms with van der Waals surface area (Å²) in [5.41, 5.74) is 2.72. The highest BCUT2D eigenvalue weighted by Gasteiger charge is 2.25. The molecule has 0 saturated heterocycles. The van der Waals surface area contributed by atoms with Gasteiger partial charge in [0.05, 0.1) is 11.1 Å². The topological polar surface area (TPSA) is 74.8 Å². The van der Waals surface area contributed by atoms with Crippen molar-refractivity contribution in [3.63, 3.8) is 0 Å². The maximum Gasteiger partial charge on any atom is 0.246 e. The van der Waals surface area contributed by atoms with Gasteiger partial charge in [-0.2, -0.15) is 0 Å². The largest absolute Gasteiger partial charge is 0.508 e. The van der Waals surface area contributed by atoms with Crippen molar-refractivity contribution in [1.82, 2.24) is 0 Å². The van der Waals surface area contributed by atoms with E-state index in [-0.39, 0.29) is 18.2 Å². The molecule has 0 unspecified atom stereocenters. The van der Waals surface area contributed by atoms with Gasteiger partial charge in [-0.25, -0.2) is 0 Å². The number of phenols is 1. The zero-order valence-corrected chi connectivity index (χ0v) is 13.7. The lowest BCUT2D eigenvalue weighted by molar-refractivity contribution is -0.114. The third-order valence-electron chi connectivity index (χ3n) is 4.58. The molecule has 3 aromatic carbocycles. The van der Waals surface area contributed by atoms with Crippen molar-refractivity contribution in [2.24, 2.45) is 4.99 Å². The number of carbonyl (C=O) groups excluding carboxylic acids is 1. The first kappa shape index (κ1) is 14.7. The number of rotatable bonds is 1. The Bertz CT molecular complexity index is 1200. The van der Waals surface area contributed by atoms with Crippen molar-refractivity contribution in [2.45, 2.75) is 0 Å². The minimum Gasteiger partial charge on any atom is -0.508 e. The van der Waals surface area contributed by atoms with Crippen molar-refractivity contribution in [1.29, 1.82) is 0 Å². The van der Waals surface area contributed by atoms with Crippen LogP contribution in [0.4, 0.5) is 5.69 Å². The Labute approximate surface area is 148 Å². The molecule has 1 amide bonds. The normalized spacial score (nSPS) is 14.0. The number of fused-ring (bicyclic) bond motifs is 5. The van der Waals surface area contributed by atoms with Crippen LogP contribution in [-0.2, 0) is 4.79 Å². The van der Waals surface area contributed by atoms with E-state index in [1.54, 1.807) is 24.3 Å². The number of nitrogens with zero attached hydrogens (tertiary/aromatic N) is 1. The van der Waals surface area contributed by atoms with E-state index in [1.165, 1.54) is 0 Å². The summed E-state index contributed by atoms with van der Waals surface area (Å²) in [4.78, 5) is 16.7. The van der Waals surface area contributed by atoms with E-state index in [9.17, 15) is 9.90 Å². The first-order valence-corrected chi connectivity index (χ1v) is 8.29. The van der Waals surface area contributed by atoms with Crippen LogP contribution >= 0.6 is 0 Å². The number of amides is 1. The fourth-order valence-corrected chi connectivity index (χ4v) is 3.40. The van der Waals surface area contributed by atoms with Crippen molar-refractivity contribution < 1.29 is 14.3 Å². The van der Waals surface area contributed by atoms with Crippen LogP contribution in [0, 0.1) is 0 Å². The van der Waals surface area contributed by atoms with Crippen LogP contribution in [0.2, 0.25) is 0 Å². The van der Waals surface area contributed by atoms with E-state index >= 15 is 0 Å². The molecule has 5 nitrogen and oxygen atoms in total. The summed E-state index contributed by atoms with van der Waals surface area (Å²) in [7, 11) is 0. The molecule has 1 aliphatic heterocycles. The average molecular weight is 342 g/mol. The van der Waals surface area contributed by atoms with Crippen LogP contribution in [0.3, 0.4) is 0 Å². The number of furan rings is 1. The predicted octanol–water partition coefficient (Wildman–Crippen LogP) is 4.08. The van der Waals surface area contributed by atoms with E-state index in [0.29, 0.717) is 22.7 Å². The van der Waals surface area contributed by atoms with Gasteiger partial charge in [-0.15, -0.1) is 0 Å². The van der Waals surface area contributed by atoms with Gasteiger partial charge in [0.1, 0.15) is 23.6 Å². The van der Waals surface area contributed by atoms with Crippen molar-refractivity contribution in [2.75, 3.05) is 11.9 Å². The third-order valence-corrected chi connectivity index (χ3v) is 4.58. The van der Waals surface area contributed by atoms with E-state index in [2.05, 4.69) is 10.3 Å². The molecule has 1 aromatic heterocycles. The molecule has 0 atom stereocenters. The first-order chi connectivity index (χ1) is 12.7. The SMILES string of the molecule is O=C1CN=C(c2ccc(O)cc2)c2oc3ccc4ccccc4c3c2N1. The zero-order chi connectivity index (χ0) is 17.7. The number of benzene rings is 3. The van der Waals surface area contributed by atoms with Crippen molar-refractivity contribution >= 4 is 39.0 Å². The molecule has 2 heterocycles. The molecule has 26 heavy (non-hydrogen) atoms. The summed E-state index contributed by atoms with van der Waals surface area (Å²) in [5.74, 6) is 0.525. The van der Waals surface area contributed by atoms with Crippen molar-refractivity contribution in [3.8, 4) is 5.75 Å². The maximum absolute atomic E-state index is 12.3. The van der Waals surface area contributed by atoms with Crippen LogP contribution in [0.1, 0.15) is 11.3 Å².